The Labute approximate surface area is 229 Å². The Morgan fingerprint density at radius 2 is 1.80 bits per heavy atom. The number of nitrogens with zero attached hydrogens (tertiary/aromatic N) is 3. The van der Waals surface area contributed by atoms with Gasteiger partial charge in [0.15, 0.2) is 11.3 Å². The zero-order valence-electron chi connectivity index (χ0n) is 22.2. The molecule has 40 heavy (non-hydrogen) atoms. The summed E-state index contributed by atoms with van der Waals surface area (Å²) < 4.78 is 5.49. The fourth-order valence-electron chi connectivity index (χ4n) is 4.33. The van der Waals surface area contributed by atoms with Crippen LogP contribution in [0.1, 0.15) is 52.2 Å². The second kappa shape index (κ2) is 11.1. The first kappa shape index (κ1) is 27.5. The van der Waals surface area contributed by atoms with Gasteiger partial charge in [-0.1, -0.05) is 18.1 Å². The molecule has 1 aromatic heterocycles. The number of anilines is 3. The normalized spacial score (nSPS) is 10.6. The van der Waals surface area contributed by atoms with E-state index in [0.717, 1.165) is 17.2 Å². The van der Waals surface area contributed by atoms with Crippen molar-refractivity contribution in [1.82, 2.24) is 5.16 Å². The summed E-state index contributed by atoms with van der Waals surface area (Å²) in [4.78, 5) is 50.6. The molecule has 0 bridgehead atoms. The third-order valence-corrected chi connectivity index (χ3v) is 6.31. The van der Waals surface area contributed by atoms with E-state index >= 15 is 0 Å². The van der Waals surface area contributed by atoms with Crippen molar-refractivity contribution in [2.24, 2.45) is 0 Å². The van der Waals surface area contributed by atoms with Gasteiger partial charge in [-0.15, -0.1) is 0 Å². The molecule has 0 fully saturated rings. The number of benzene rings is 3. The predicted octanol–water partition coefficient (Wildman–Crippen LogP) is 4.96. The van der Waals surface area contributed by atoms with Gasteiger partial charge in [0.25, 0.3) is 5.91 Å². The van der Waals surface area contributed by atoms with Gasteiger partial charge < -0.3 is 25.2 Å². The molecule has 202 valence electrons. The van der Waals surface area contributed by atoms with Crippen LogP contribution in [0.25, 0.3) is 22.1 Å². The Kier molecular flexibility index (Phi) is 7.63. The van der Waals surface area contributed by atoms with E-state index < -0.39 is 11.9 Å². The van der Waals surface area contributed by atoms with Crippen LogP contribution >= 0.6 is 0 Å². The van der Waals surface area contributed by atoms with E-state index in [-0.39, 0.29) is 46.3 Å². The van der Waals surface area contributed by atoms with Gasteiger partial charge in [-0.05, 0) is 60.5 Å². The lowest BCUT2D eigenvalue weighted by Gasteiger charge is -2.22. The summed E-state index contributed by atoms with van der Waals surface area (Å²) in [5.41, 5.74) is 3.37. The number of amides is 3. The number of hydrogen-bond donors (Lipinski definition) is 3. The lowest BCUT2D eigenvalue weighted by Crippen LogP contribution is -2.25. The molecule has 0 saturated heterocycles. The number of nitrogens with one attached hydrogen (secondary N) is 2. The number of aromatic carboxylic acids is 1. The number of rotatable bonds is 7. The summed E-state index contributed by atoms with van der Waals surface area (Å²) in [6.45, 7) is 5.02. The first-order valence-electron chi connectivity index (χ1n) is 12.2. The highest BCUT2D eigenvalue weighted by atomic mass is 16.5. The number of aromatic nitrogens is 1. The van der Waals surface area contributed by atoms with Crippen LogP contribution in [0.4, 0.5) is 17.1 Å². The Morgan fingerprint density at radius 1 is 1.05 bits per heavy atom. The summed E-state index contributed by atoms with van der Waals surface area (Å²) in [6, 6.07) is 14.4. The van der Waals surface area contributed by atoms with Crippen molar-refractivity contribution in [3.05, 3.63) is 70.9 Å². The van der Waals surface area contributed by atoms with Gasteiger partial charge in [-0.25, -0.2) is 4.79 Å². The van der Waals surface area contributed by atoms with E-state index in [1.54, 1.807) is 32.2 Å². The molecule has 0 saturated carbocycles. The molecule has 1 heterocycles. The topological polar surface area (TPSA) is 166 Å². The molecule has 0 spiro atoms. The van der Waals surface area contributed by atoms with Crippen molar-refractivity contribution in [2.45, 2.75) is 27.2 Å². The van der Waals surface area contributed by atoms with Gasteiger partial charge in [0, 0.05) is 31.6 Å². The molecular weight excluding hydrogens is 514 g/mol. The van der Waals surface area contributed by atoms with Crippen LogP contribution in [0.3, 0.4) is 0 Å². The smallest absolute Gasteiger partial charge is 0.337 e. The second-order valence-corrected chi connectivity index (χ2v) is 9.05. The highest BCUT2D eigenvalue weighted by molar-refractivity contribution is 6.14. The Bertz CT molecular complexity index is 1730. The average Bonchev–Trinajstić information content (AvgIpc) is 3.34. The molecule has 0 atom stereocenters. The number of aryl methyl sites for hydroxylation is 1. The maximum Gasteiger partial charge on any atom is 0.337 e. The van der Waals surface area contributed by atoms with Gasteiger partial charge in [0.05, 0.1) is 34.0 Å². The number of carboxylic acids is 1. The number of fused-ring (bicyclic) bond motifs is 1. The SMILES string of the molecule is CCC(=O)N(C)c1cc2c(C(=O)Nc3ccc(C#N)cc3C(=O)O)noc2cc1-c1ccc(NC(C)=O)cc1C. The van der Waals surface area contributed by atoms with E-state index in [4.69, 9.17) is 9.78 Å². The van der Waals surface area contributed by atoms with Crippen molar-refractivity contribution >= 4 is 51.7 Å². The lowest BCUT2D eigenvalue weighted by atomic mass is 9.96. The number of hydrogen-bond acceptors (Lipinski definition) is 7. The number of carboxylic acid groups (broad SMARTS) is 1. The zero-order valence-corrected chi connectivity index (χ0v) is 22.2. The molecule has 11 nitrogen and oxygen atoms in total. The van der Waals surface area contributed by atoms with Crippen molar-refractivity contribution in [3.8, 4) is 17.2 Å². The Balaban J connectivity index is 1.82. The quantitative estimate of drug-likeness (QED) is 0.296. The van der Waals surface area contributed by atoms with Crippen LogP contribution < -0.4 is 15.5 Å². The van der Waals surface area contributed by atoms with Gasteiger partial charge in [-0.3, -0.25) is 14.4 Å². The lowest BCUT2D eigenvalue weighted by molar-refractivity contribution is -0.118. The Hall–Kier alpha value is -5.50. The van der Waals surface area contributed by atoms with Gasteiger partial charge >= 0.3 is 5.97 Å². The molecule has 11 heteroatoms. The third-order valence-electron chi connectivity index (χ3n) is 6.31. The summed E-state index contributed by atoms with van der Waals surface area (Å²) in [6.07, 6.45) is 0.238. The van der Waals surface area contributed by atoms with Crippen molar-refractivity contribution < 1.29 is 28.8 Å². The molecule has 3 amide bonds. The molecule has 4 aromatic rings. The summed E-state index contributed by atoms with van der Waals surface area (Å²) in [5, 5.41) is 28.1. The minimum absolute atomic E-state index is 0.0161. The first-order valence-corrected chi connectivity index (χ1v) is 12.2. The Morgan fingerprint density at radius 3 is 2.42 bits per heavy atom. The predicted molar refractivity (Wildman–Crippen MR) is 148 cm³/mol. The third kappa shape index (κ3) is 5.37. The van der Waals surface area contributed by atoms with E-state index in [1.807, 2.05) is 25.1 Å². The van der Waals surface area contributed by atoms with Crippen molar-refractivity contribution in [3.63, 3.8) is 0 Å². The van der Waals surface area contributed by atoms with E-state index in [1.165, 1.54) is 24.0 Å². The second-order valence-electron chi connectivity index (χ2n) is 9.05. The molecule has 0 aliphatic rings. The van der Waals surface area contributed by atoms with Crippen molar-refractivity contribution in [1.29, 1.82) is 5.26 Å². The highest BCUT2D eigenvalue weighted by Crippen LogP contribution is 2.38. The van der Waals surface area contributed by atoms with Crippen LogP contribution in [0.2, 0.25) is 0 Å². The monoisotopic (exact) mass is 539 g/mol. The van der Waals surface area contributed by atoms with Crippen LogP contribution in [0, 0.1) is 18.3 Å². The minimum atomic E-state index is -1.32. The van der Waals surface area contributed by atoms with Crippen LogP contribution in [0.15, 0.2) is 53.1 Å². The number of carbonyl (C=O) groups excluding carboxylic acids is 3. The molecule has 3 N–H and O–H groups in total. The van der Waals surface area contributed by atoms with Crippen LogP contribution in [-0.4, -0.2) is 41.0 Å². The largest absolute Gasteiger partial charge is 0.478 e. The molecular formula is C29H25N5O6. The number of carbonyl (C=O) groups is 4. The fourth-order valence-corrected chi connectivity index (χ4v) is 4.33. The molecule has 3 aromatic carbocycles. The van der Waals surface area contributed by atoms with E-state index in [0.29, 0.717) is 22.3 Å². The standard InChI is InChI=1S/C29H25N5O6/c1-5-26(36)34(4)24-12-22-25(13-20(24)19-8-7-18(10-15(19)2)31-16(3)35)40-33-27(22)28(37)32-23-9-6-17(14-30)11-21(23)29(38)39/h6-13H,5H2,1-4H3,(H,31,35)(H,32,37)(H,38,39). The number of nitriles is 1. The van der Waals surface area contributed by atoms with Gasteiger partial charge in [-0.2, -0.15) is 5.26 Å². The first-order chi connectivity index (χ1) is 19.0. The average molecular weight is 540 g/mol. The molecule has 0 aliphatic heterocycles. The van der Waals surface area contributed by atoms with Crippen LogP contribution in [-0.2, 0) is 9.59 Å². The van der Waals surface area contributed by atoms with Gasteiger partial charge in [0.2, 0.25) is 11.8 Å². The fraction of sp³-hybridized carbons (Fsp3) is 0.172. The molecule has 0 unspecified atom stereocenters. The summed E-state index contributed by atoms with van der Waals surface area (Å²) in [7, 11) is 1.63. The maximum atomic E-state index is 13.2. The highest BCUT2D eigenvalue weighted by Gasteiger charge is 2.24. The molecule has 0 radical (unpaired) electrons. The van der Waals surface area contributed by atoms with Gasteiger partial charge in [0.1, 0.15) is 0 Å². The molecule has 4 rings (SSSR count). The van der Waals surface area contributed by atoms with E-state index in [9.17, 15) is 24.3 Å². The molecule has 0 aliphatic carbocycles. The summed E-state index contributed by atoms with van der Waals surface area (Å²) in [5.74, 6) is -2.42. The minimum Gasteiger partial charge on any atom is -0.478 e. The maximum absolute atomic E-state index is 13.2. The zero-order chi connectivity index (χ0) is 29.1. The summed E-state index contributed by atoms with van der Waals surface area (Å²) >= 11 is 0. The van der Waals surface area contributed by atoms with E-state index in [2.05, 4.69) is 15.8 Å². The van der Waals surface area contributed by atoms with Crippen LogP contribution in [0.5, 0.6) is 0 Å². The van der Waals surface area contributed by atoms with Crippen molar-refractivity contribution in [2.75, 3.05) is 22.6 Å².